The Morgan fingerprint density at radius 2 is 2.00 bits per heavy atom. The standard InChI is InChI=1S/C9H15N3O.C2H6/c10-12-11-9-5-3-1-2-4-8(9)6-7-13;1-2/h7-9H,1-6H2;1-2H3/t8-,9+;/m0./s1. The topological polar surface area (TPSA) is 65.8 Å². The molecule has 2 atom stereocenters. The lowest BCUT2D eigenvalue weighted by molar-refractivity contribution is -0.108. The first-order chi connectivity index (χ1) is 7.38. The van der Waals surface area contributed by atoms with Gasteiger partial charge < -0.3 is 4.79 Å². The molecule has 0 saturated heterocycles. The fourth-order valence-corrected chi connectivity index (χ4v) is 1.98. The number of carbonyl (C=O) groups is 1. The first kappa shape index (κ1) is 14.0. The third-order valence-electron chi connectivity index (χ3n) is 2.72. The number of aldehydes is 1. The molecule has 0 aromatic heterocycles. The van der Waals surface area contributed by atoms with Crippen molar-refractivity contribution in [2.45, 2.75) is 58.4 Å². The van der Waals surface area contributed by atoms with Gasteiger partial charge in [-0.15, -0.1) is 0 Å². The number of rotatable bonds is 3. The van der Waals surface area contributed by atoms with Crippen molar-refractivity contribution in [1.29, 1.82) is 0 Å². The SMILES string of the molecule is CC.[N-]=[N+]=N[C@@H]1CCCCC[C@H]1CC=O. The molecular formula is C11H21N3O. The fourth-order valence-electron chi connectivity index (χ4n) is 1.98. The molecular weight excluding hydrogens is 190 g/mol. The van der Waals surface area contributed by atoms with Crippen LogP contribution in [0, 0.1) is 5.92 Å². The van der Waals surface area contributed by atoms with Crippen LogP contribution < -0.4 is 0 Å². The van der Waals surface area contributed by atoms with Crippen LogP contribution in [0.3, 0.4) is 0 Å². The third-order valence-corrected chi connectivity index (χ3v) is 2.72. The highest BCUT2D eigenvalue weighted by molar-refractivity contribution is 5.49. The predicted molar refractivity (Wildman–Crippen MR) is 61.5 cm³/mol. The summed E-state index contributed by atoms with van der Waals surface area (Å²) in [6.45, 7) is 4.00. The quantitative estimate of drug-likeness (QED) is 0.230. The lowest BCUT2D eigenvalue weighted by atomic mass is 9.93. The average molecular weight is 211 g/mol. The van der Waals surface area contributed by atoms with Crippen LogP contribution in [0.25, 0.3) is 10.4 Å². The van der Waals surface area contributed by atoms with E-state index in [0.29, 0.717) is 6.42 Å². The summed E-state index contributed by atoms with van der Waals surface area (Å²) in [6.07, 6.45) is 6.95. The Balaban J connectivity index is 0.000000921. The van der Waals surface area contributed by atoms with Crippen LogP contribution in [-0.4, -0.2) is 12.3 Å². The Labute approximate surface area is 91.7 Å². The second-order valence-corrected chi connectivity index (χ2v) is 3.57. The van der Waals surface area contributed by atoms with E-state index in [0.717, 1.165) is 32.0 Å². The molecule has 15 heavy (non-hydrogen) atoms. The molecule has 0 radical (unpaired) electrons. The maximum Gasteiger partial charge on any atom is 0.120 e. The van der Waals surface area contributed by atoms with Gasteiger partial charge in [0.05, 0.1) is 0 Å². The molecule has 1 saturated carbocycles. The van der Waals surface area contributed by atoms with Gasteiger partial charge in [-0.2, -0.15) is 0 Å². The molecule has 0 bridgehead atoms. The van der Waals surface area contributed by atoms with E-state index in [1.807, 2.05) is 13.8 Å². The predicted octanol–water partition coefficient (Wildman–Crippen LogP) is 3.86. The van der Waals surface area contributed by atoms with Crippen molar-refractivity contribution >= 4 is 6.29 Å². The molecule has 1 rings (SSSR count). The van der Waals surface area contributed by atoms with E-state index >= 15 is 0 Å². The van der Waals surface area contributed by atoms with E-state index in [2.05, 4.69) is 10.0 Å². The number of nitrogens with zero attached hydrogens (tertiary/aromatic N) is 3. The van der Waals surface area contributed by atoms with Crippen LogP contribution >= 0.6 is 0 Å². The molecule has 86 valence electrons. The van der Waals surface area contributed by atoms with Crippen LogP contribution in [0.15, 0.2) is 5.11 Å². The molecule has 0 amide bonds. The molecule has 0 aliphatic heterocycles. The van der Waals surface area contributed by atoms with Crippen molar-refractivity contribution in [2.24, 2.45) is 11.0 Å². The van der Waals surface area contributed by atoms with Crippen molar-refractivity contribution in [1.82, 2.24) is 0 Å². The summed E-state index contributed by atoms with van der Waals surface area (Å²) in [7, 11) is 0. The van der Waals surface area contributed by atoms with E-state index in [1.165, 1.54) is 6.42 Å². The summed E-state index contributed by atoms with van der Waals surface area (Å²) in [4.78, 5) is 13.2. The molecule has 1 fully saturated rings. The Morgan fingerprint density at radius 3 is 2.60 bits per heavy atom. The van der Waals surface area contributed by atoms with Crippen LogP contribution in [-0.2, 0) is 4.79 Å². The minimum absolute atomic E-state index is 0.0534. The summed E-state index contributed by atoms with van der Waals surface area (Å²) in [5, 5.41) is 3.77. The summed E-state index contributed by atoms with van der Waals surface area (Å²) >= 11 is 0. The highest BCUT2D eigenvalue weighted by Gasteiger charge is 2.21. The van der Waals surface area contributed by atoms with Crippen molar-refractivity contribution < 1.29 is 4.79 Å². The molecule has 0 unspecified atom stereocenters. The highest BCUT2D eigenvalue weighted by atomic mass is 16.1. The Kier molecular flexibility index (Phi) is 8.88. The molecule has 1 aliphatic carbocycles. The van der Waals surface area contributed by atoms with E-state index in [9.17, 15) is 4.79 Å². The average Bonchev–Trinajstić information content (AvgIpc) is 2.49. The van der Waals surface area contributed by atoms with Gasteiger partial charge in [-0.3, -0.25) is 0 Å². The van der Waals surface area contributed by atoms with Gasteiger partial charge in [0.1, 0.15) is 6.29 Å². The first-order valence-corrected chi connectivity index (χ1v) is 5.86. The van der Waals surface area contributed by atoms with E-state index in [1.54, 1.807) is 0 Å². The highest BCUT2D eigenvalue weighted by Crippen LogP contribution is 2.27. The minimum atomic E-state index is 0.0534. The van der Waals surface area contributed by atoms with Gasteiger partial charge in [0.25, 0.3) is 0 Å². The maximum atomic E-state index is 10.4. The second-order valence-electron chi connectivity index (χ2n) is 3.57. The first-order valence-electron chi connectivity index (χ1n) is 5.86. The van der Waals surface area contributed by atoms with Gasteiger partial charge in [0, 0.05) is 17.4 Å². The van der Waals surface area contributed by atoms with Gasteiger partial charge in [-0.05, 0) is 24.3 Å². The van der Waals surface area contributed by atoms with Crippen molar-refractivity contribution in [3.8, 4) is 0 Å². The lowest BCUT2D eigenvalue weighted by Gasteiger charge is -2.17. The van der Waals surface area contributed by atoms with Gasteiger partial charge in [0.15, 0.2) is 0 Å². The van der Waals surface area contributed by atoms with Gasteiger partial charge in [-0.25, -0.2) is 0 Å². The monoisotopic (exact) mass is 211 g/mol. The second kappa shape index (κ2) is 9.53. The zero-order valence-corrected chi connectivity index (χ0v) is 9.72. The van der Waals surface area contributed by atoms with Gasteiger partial charge in [0.2, 0.25) is 0 Å². The zero-order chi connectivity index (χ0) is 11.5. The summed E-state index contributed by atoms with van der Waals surface area (Å²) in [5.41, 5.74) is 8.37. The van der Waals surface area contributed by atoms with E-state index < -0.39 is 0 Å². The third kappa shape index (κ3) is 5.43. The smallest absolute Gasteiger partial charge is 0.120 e. The van der Waals surface area contributed by atoms with Crippen molar-refractivity contribution in [3.05, 3.63) is 10.4 Å². The van der Waals surface area contributed by atoms with Gasteiger partial charge >= 0.3 is 0 Å². The largest absolute Gasteiger partial charge is 0.303 e. The summed E-state index contributed by atoms with van der Waals surface area (Å²) < 4.78 is 0. The van der Waals surface area contributed by atoms with Crippen molar-refractivity contribution in [2.75, 3.05) is 0 Å². The van der Waals surface area contributed by atoms with Crippen molar-refractivity contribution in [3.63, 3.8) is 0 Å². The Morgan fingerprint density at radius 1 is 1.33 bits per heavy atom. The number of hydrogen-bond donors (Lipinski definition) is 0. The Hall–Kier alpha value is -1.02. The minimum Gasteiger partial charge on any atom is -0.303 e. The summed E-state index contributed by atoms with van der Waals surface area (Å²) in [5.74, 6) is 0.288. The molecule has 0 aromatic rings. The van der Waals surface area contributed by atoms with E-state index in [4.69, 9.17) is 5.53 Å². The van der Waals surface area contributed by atoms with E-state index in [-0.39, 0.29) is 12.0 Å². The number of azide groups is 1. The molecule has 0 spiro atoms. The van der Waals surface area contributed by atoms with Crippen LogP contribution in [0.1, 0.15) is 52.4 Å². The van der Waals surface area contributed by atoms with Gasteiger partial charge in [-0.1, -0.05) is 38.2 Å². The van der Waals surface area contributed by atoms with Crippen LogP contribution in [0.4, 0.5) is 0 Å². The van der Waals surface area contributed by atoms with Crippen LogP contribution in [0.2, 0.25) is 0 Å². The molecule has 4 nitrogen and oxygen atoms in total. The molecule has 4 heteroatoms. The number of hydrogen-bond acceptors (Lipinski definition) is 2. The van der Waals surface area contributed by atoms with Crippen LogP contribution in [0.5, 0.6) is 0 Å². The molecule has 1 aliphatic rings. The molecule has 0 heterocycles. The summed E-state index contributed by atoms with van der Waals surface area (Å²) in [6, 6.07) is 0.0534. The molecule has 0 aromatic carbocycles. The number of carbonyl (C=O) groups excluding carboxylic acids is 1. The Bertz CT molecular complexity index is 212. The normalized spacial score (nSPS) is 25.2. The zero-order valence-electron chi connectivity index (χ0n) is 9.72. The molecule has 0 N–H and O–H groups in total. The fraction of sp³-hybridized carbons (Fsp3) is 0.909. The lowest BCUT2D eigenvalue weighted by Crippen LogP contribution is -2.16. The maximum absolute atomic E-state index is 10.4.